The summed E-state index contributed by atoms with van der Waals surface area (Å²) in [5.74, 6) is 0. The van der Waals surface area contributed by atoms with Crippen molar-refractivity contribution in [1.82, 2.24) is 9.62 Å². The smallest absolute Gasteiger partial charge is 0.309 e. The fourth-order valence-electron chi connectivity index (χ4n) is 2.55. The van der Waals surface area contributed by atoms with Gasteiger partial charge in [-0.2, -0.15) is 17.5 Å². The lowest BCUT2D eigenvalue weighted by molar-refractivity contribution is -0.137. The molecule has 1 aliphatic heterocycles. The highest BCUT2D eigenvalue weighted by atomic mass is 32.2. The summed E-state index contributed by atoms with van der Waals surface area (Å²) in [5, 5.41) is 3.20. The molecule has 1 aromatic carbocycles. The van der Waals surface area contributed by atoms with E-state index in [1.54, 1.807) is 0 Å². The average molecular weight is 336 g/mol. The lowest BCUT2D eigenvalue weighted by Crippen LogP contribution is -2.58. The molecule has 8 heteroatoms. The van der Waals surface area contributed by atoms with Crippen LogP contribution in [0.2, 0.25) is 0 Å². The molecule has 0 spiro atoms. The molecule has 1 N–H and O–H groups in total. The standard InChI is InChI=1S/C14H19F3N2O2S/c1-10-8-11(14(15,16)17)4-5-12(10)22(20,21)19-7-6-18-13(2,3)9-19/h4-5,8,18H,6-7,9H2,1-3H3. The predicted octanol–water partition coefficient (Wildman–Crippen LogP) is 2.39. The van der Waals surface area contributed by atoms with E-state index in [-0.39, 0.29) is 22.5 Å². The lowest BCUT2D eigenvalue weighted by Gasteiger charge is -2.38. The molecular formula is C14H19F3N2O2S. The number of benzene rings is 1. The van der Waals surface area contributed by atoms with Gasteiger partial charge in [0.1, 0.15) is 0 Å². The molecule has 0 aromatic heterocycles. The SMILES string of the molecule is Cc1cc(C(F)(F)F)ccc1S(=O)(=O)N1CCNC(C)(C)C1. The maximum absolute atomic E-state index is 12.7. The third-order valence-corrected chi connectivity index (χ3v) is 5.66. The molecule has 1 aliphatic rings. The molecule has 2 rings (SSSR count). The number of halogens is 3. The minimum atomic E-state index is -4.48. The van der Waals surface area contributed by atoms with Crippen LogP contribution in [0.5, 0.6) is 0 Å². The lowest BCUT2D eigenvalue weighted by atomic mass is 10.0. The van der Waals surface area contributed by atoms with E-state index in [0.29, 0.717) is 13.1 Å². The van der Waals surface area contributed by atoms with Gasteiger partial charge in [-0.3, -0.25) is 0 Å². The first-order valence-corrected chi connectivity index (χ1v) is 8.30. The van der Waals surface area contributed by atoms with Gasteiger partial charge >= 0.3 is 6.18 Å². The second-order valence-corrected chi connectivity index (χ2v) is 8.03. The first kappa shape index (κ1) is 17.2. The number of hydrogen-bond acceptors (Lipinski definition) is 3. The molecule has 1 heterocycles. The van der Waals surface area contributed by atoms with Crippen molar-refractivity contribution in [2.75, 3.05) is 19.6 Å². The molecule has 1 aromatic rings. The molecule has 1 saturated heterocycles. The summed E-state index contributed by atoms with van der Waals surface area (Å²) in [4.78, 5) is -0.0711. The van der Waals surface area contributed by atoms with Crippen LogP contribution in [-0.4, -0.2) is 37.9 Å². The molecule has 1 fully saturated rings. The van der Waals surface area contributed by atoms with E-state index in [9.17, 15) is 21.6 Å². The zero-order chi connectivity index (χ0) is 16.8. The van der Waals surface area contributed by atoms with Gasteiger partial charge in [0.05, 0.1) is 10.5 Å². The second kappa shape index (κ2) is 5.50. The third kappa shape index (κ3) is 3.44. The van der Waals surface area contributed by atoms with Crippen molar-refractivity contribution >= 4 is 10.0 Å². The Bertz CT molecular complexity index is 669. The normalized spacial score (nSPS) is 20.1. The van der Waals surface area contributed by atoms with E-state index in [1.807, 2.05) is 13.8 Å². The number of nitrogens with zero attached hydrogens (tertiary/aromatic N) is 1. The van der Waals surface area contributed by atoms with Crippen molar-refractivity contribution in [3.8, 4) is 0 Å². The maximum Gasteiger partial charge on any atom is 0.416 e. The van der Waals surface area contributed by atoms with E-state index < -0.39 is 21.8 Å². The fraction of sp³-hybridized carbons (Fsp3) is 0.571. The third-order valence-electron chi connectivity index (χ3n) is 3.66. The number of nitrogens with one attached hydrogen (secondary N) is 1. The maximum atomic E-state index is 12.7. The summed E-state index contributed by atoms with van der Waals surface area (Å²) in [6.45, 7) is 6.23. The fourth-order valence-corrected chi connectivity index (χ4v) is 4.36. The van der Waals surface area contributed by atoms with Crippen LogP contribution in [-0.2, 0) is 16.2 Å². The largest absolute Gasteiger partial charge is 0.416 e. The Balaban J connectivity index is 2.38. The highest BCUT2D eigenvalue weighted by Gasteiger charge is 2.36. The second-order valence-electron chi connectivity index (χ2n) is 6.13. The van der Waals surface area contributed by atoms with E-state index in [2.05, 4.69) is 5.32 Å². The molecule has 0 atom stereocenters. The first-order valence-electron chi connectivity index (χ1n) is 6.86. The molecule has 0 saturated carbocycles. The minimum Gasteiger partial charge on any atom is -0.309 e. The molecule has 0 aliphatic carbocycles. The zero-order valence-electron chi connectivity index (χ0n) is 12.7. The molecule has 22 heavy (non-hydrogen) atoms. The van der Waals surface area contributed by atoms with E-state index in [0.717, 1.165) is 18.2 Å². The molecule has 0 radical (unpaired) electrons. The van der Waals surface area contributed by atoms with Gasteiger partial charge in [-0.25, -0.2) is 8.42 Å². The van der Waals surface area contributed by atoms with Crippen molar-refractivity contribution in [2.24, 2.45) is 0 Å². The van der Waals surface area contributed by atoms with Gasteiger partial charge in [0.15, 0.2) is 0 Å². The van der Waals surface area contributed by atoms with Crippen molar-refractivity contribution in [1.29, 1.82) is 0 Å². The molecule has 124 valence electrons. The van der Waals surface area contributed by atoms with E-state index in [1.165, 1.54) is 11.2 Å². The summed E-state index contributed by atoms with van der Waals surface area (Å²) in [5.41, 5.74) is -1.11. The van der Waals surface area contributed by atoms with Gasteiger partial charge in [-0.1, -0.05) is 0 Å². The molecule has 0 bridgehead atoms. The van der Waals surface area contributed by atoms with Crippen LogP contribution in [0.4, 0.5) is 13.2 Å². The summed E-state index contributed by atoms with van der Waals surface area (Å²) in [7, 11) is -3.80. The van der Waals surface area contributed by atoms with Crippen LogP contribution in [0.1, 0.15) is 25.0 Å². The highest BCUT2D eigenvalue weighted by Crippen LogP contribution is 2.32. The number of alkyl halides is 3. The summed E-state index contributed by atoms with van der Waals surface area (Å²) in [6, 6.07) is 2.73. The Labute approximate surface area is 128 Å². The van der Waals surface area contributed by atoms with Crippen LogP contribution in [0.3, 0.4) is 0 Å². The number of hydrogen-bond donors (Lipinski definition) is 1. The topological polar surface area (TPSA) is 49.4 Å². The zero-order valence-corrected chi connectivity index (χ0v) is 13.5. The molecule has 0 amide bonds. The Hall–Kier alpha value is -1.12. The van der Waals surface area contributed by atoms with Gasteiger partial charge < -0.3 is 5.32 Å². The molecular weight excluding hydrogens is 317 g/mol. The van der Waals surface area contributed by atoms with Gasteiger partial charge in [0.25, 0.3) is 0 Å². The quantitative estimate of drug-likeness (QED) is 0.902. The van der Waals surface area contributed by atoms with Crippen LogP contribution in [0.15, 0.2) is 23.1 Å². The Morgan fingerprint density at radius 2 is 1.91 bits per heavy atom. The molecule has 4 nitrogen and oxygen atoms in total. The number of sulfonamides is 1. The number of aryl methyl sites for hydroxylation is 1. The summed E-state index contributed by atoms with van der Waals surface area (Å²) >= 11 is 0. The van der Waals surface area contributed by atoms with Crippen LogP contribution >= 0.6 is 0 Å². The van der Waals surface area contributed by atoms with Gasteiger partial charge in [-0.05, 0) is 44.5 Å². The van der Waals surface area contributed by atoms with Crippen molar-refractivity contribution in [2.45, 2.75) is 37.4 Å². The van der Waals surface area contributed by atoms with E-state index in [4.69, 9.17) is 0 Å². The van der Waals surface area contributed by atoms with Crippen molar-refractivity contribution in [3.05, 3.63) is 29.3 Å². The summed E-state index contributed by atoms with van der Waals surface area (Å²) < 4.78 is 64.7. The number of rotatable bonds is 2. The van der Waals surface area contributed by atoms with Gasteiger partial charge in [-0.15, -0.1) is 0 Å². The average Bonchev–Trinajstić information content (AvgIpc) is 2.36. The van der Waals surface area contributed by atoms with Gasteiger partial charge in [0.2, 0.25) is 10.0 Å². The minimum absolute atomic E-state index is 0.0711. The Morgan fingerprint density at radius 1 is 1.27 bits per heavy atom. The van der Waals surface area contributed by atoms with Crippen LogP contribution in [0, 0.1) is 6.92 Å². The van der Waals surface area contributed by atoms with Crippen LogP contribution < -0.4 is 5.32 Å². The van der Waals surface area contributed by atoms with Gasteiger partial charge in [0, 0.05) is 25.2 Å². The number of piperazine rings is 1. The Kier molecular flexibility index (Phi) is 4.31. The Morgan fingerprint density at radius 3 is 2.41 bits per heavy atom. The van der Waals surface area contributed by atoms with E-state index >= 15 is 0 Å². The highest BCUT2D eigenvalue weighted by molar-refractivity contribution is 7.89. The predicted molar refractivity (Wildman–Crippen MR) is 77.0 cm³/mol. The van der Waals surface area contributed by atoms with Crippen molar-refractivity contribution < 1.29 is 21.6 Å². The summed E-state index contributed by atoms with van der Waals surface area (Å²) in [6.07, 6.45) is -4.48. The first-order chi connectivity index (χ1) is 9.93. The molecule has 0 unspecified atom stereocenters. The van der Waals surface area contributed by atoms with Crippen molar-refractivity contribution in [3.63, 3.8) is 0 Å². The monoisotopic (exact) mass is 336 g/mol. The van der Waals surface area contributed by atoms with Crippen LogP contribution in [0.25, 0.3) is 0 Å².